The van der Waals surface area contributed by atoms with E-state index in [1.54, 1.807) is 0 Å². The second kappa shape index (κ2) is 6.62. The molecule has 0 aliphatic carbocycles. The van der Waals surface area contributed by atoms with Gasteiger partial charge >= 0.3 is 0 Å². The Balaban J connectivity index is 2.35. The van der Waals surface area contributed by atoms with Crippen molar-refractivity contribution in [2.24, 2.45) is 5.92 Å². The van der Waals surface area contributed by atoms with Gasteiger partial charge in [0.2, 0.25) is 0 Å². The first-order chi connectivity index (χ1) is 7.24. The van der Waals surface area contributed by atoms with Crippen molar-refractivity contribution in [3.8, 4) is 0 Å². The zero-order chi connectivity index (χ0) is 11.1. The quantitative estimate of drug-likeness (QED) is 0.747. The summed E-state index contributed by atoms with van der Waals surface area (Å²) in [6.07, 6.45) is 4.39. The van der Waals surface area contributed by atoms with Crippen LogP contribution < -0.4 is 5.32 Å². The predicted octanol–water partition coefficient (Wildman–Crippen LogP) is 2.43. The Morgan fingerprint density at radius 1 is 1.47 bits per heavy atom. The van der Waals surface area contributed by atoms with E-state index in [0.29, 0.717) is 0 Å². The van der Waals surface area contributed by atoms with E-state index in [4.69, 9.17) is 0 Å². The monoisotopic (exact) mass is 209 g/mol. The Morgan fingerprint density at radius 3 is 2.93 bits per heavy atom. The summed E-state index contributed by atoms with van der Waals surface area (Å²) >= 11 is 0. The van der Waals surface area contributed by atoms with E-state index in [-0.39, 0.29) is 0 Å². The van der Waals surface area contributed by atoms with Crippen LogP contribution in [0, 0.1) is 5.92 Å². The van der Waals surface area contributed by atoms with Crippen molar-refractivity contribution in [2.75, 3.05) is 6.54 Å². The van der Waals surface area contributed by atoms with E-state index in [1.807, 2.05) is 6.20 Å². The van der Waals surface area contributed by atoms with Crippen molar-refractivity contribution in [1.29, 1.82) is 0 Å². The maximum absolute atomic E-state index is 4.34. The van der Waals surface area contributed by atoms with Crippen molar-refractivity contribution in [1.82, 2.24) is 15.1 Å². The molecule has 3 heteroatoms. The molecule has 0 bridgehead atoms. The molecule has 1 aromatic rings. The second-order valence-electron chi connectivity index (χ2n) is 4.36. The minimum atomic E-state index is 0.790. The summed E-state index contributed by atoms with van der Waals surface area (Å²) in [5.74, 6) is 0.790. The van der Waals surface area contributed by atoms with Crippen molar-refractivity contribution >= 4 is 0 Å². The van der Waals surface area contributed by atoms with Gasteiger partial charge in [0.1, 0.15) is 0 Å². The summed E-state index contributed by atoms with van der Waals surface area (Å²) in [4.78, 5) is 0. The Bertz CT molecular complexity index is 266. The Morgan fingerprint density at radius 2 is 2.27 bits per heavy atom. The van der Waals surface area contributed by atoms with Crippen molar-refractivity contribution < 1.29 is 0 Å². The molecule has 1 heterocycles. The van der Waals surface area contributed by atoms with E-state index >= 15 is 0 Å². The molecule has 0 aliphatic heterocycles. The van der Waals surface area contributed by atoms with E-state index in [1.165, 1.54) is 18.5 Å². The zero-order valence-corrected chi connectivity index (χ0v) is 10.2. The summed E-state index contributed by atoms with van der Waals surface area (Å²) in [5.41, 5.74) is 1.29. The summed E-state index contributed by atoms with van der Waals surface area (Å²) in [6.45, 7) is 9.64. The summed E-state index contributed by atoms with van der Waals surface area (Å²) < 4.78 is 2.12. The maximum Gasteiger partial charge on any atom is 0.0522 e. The molecule has 0 atom stereocenters. The van der Waals surface area contributed by atoms with E-state index in [0.717, 1.165) is 25.6 Å². The summed E-state index contributed by atoms with van der Waals surface area (Å²) in [6, 6.07) is 2.10. The van der Waals surface area contributed by atoms with Crippen molar-refractivity contribution in [3.05, 3.63) is 18.0 Å². The van der Waals surface area contributed by atoms with Crippen molar-refractivity contribution in [3.63, 3.8) is 0 Å². The molecule has 0 saturated carbocycles. The lowest BCUT2D eigenvalue weighted by Gasteiger charge is -2.08. The Labute approximate surface area is 92.9 Å². The number of nitrogens with zero attached hydrogens (tertiary/aromatic N) is 2. The fourth-order valence-electron chi connectivity index (χ4n) is 1.61. The fraction of sp³-hybridized carbons (Fsp3) is 0.750. The lowest BCUT2D eigenvalue weighted by Crippen LogP contribution is -2.16. The van der Waals surface area contributed by atoms with Gasteiger partial charge in [-0.3, -0.25) is 4.68 Å². The van der Waals surface area contributed by atoms with Gasteiger partial charge in [-0.15, -0.1) is 0 Å². The zero-order valence-electron chi connectivity index (χ0n) is 10.2. The van der Waals surface area contributed by atoms with Gasteiger partial charge in [-0.25, -0.2) is 0 Å². The molecule has 1 aromatic heterocycles. The number of aryl methyl sites for hydroxylation is 1. The lowest BCUT2D eigenvalue weighted by atomic mass is 10.1. The third-order valence-electron chi connectivity index (χ3n) is 2.51. The standard InChI is InChI=1S/C12H23N3/c1-4-13-10-12-7-8-14-15(12)9-5-6-11(2)3/h7-8,11,13H,4-6,9-10H2,1-3H3. The maximum atomic E-state index is 4.34. The molecular weight excluding hydrogens is 186 g/mol. The topological polar surface area (TPSA) is 29.9 Å². The van der Waals surface area contributed by atoms with Crippen LogP contribution in [0.5, 0.6) is 0 Å². The number of nitrogens with one attached hydrogen (secondary N) is 1. The van der Waals surface area contributed by atoms with Crippen molar-refractivity contribution in [2.45, 2.75) is 46.7 Å². The molecule has 1 rings (SSSR count). The van der Waals surface area contributed by atoms with E-state index in [2.05, 4.69) is 41.9 Å². The van der Waals surface area contributed by atoms with Crippen LogP contribution in [0.3, 0.4) is 0 Å². The SMILES string of the molecule is CCNCc1ccnn1CCCC(C)C. The van der Waals surface area contributed by atoms with Gasteiger partial charge in [0.15, 0.2) is 0 Å². The van der Waals surface area contributed by atoms with Gasteiger partial charge in [-0.2, -0.15) is 5.10 Å². The second-order valence-corrected chi connectivity index (χ2v) is 4.36. The molecule has 0 spiro atoms. The predicted molar refractivity (Wildman–Crippen MR) is 63.7 cm³/mol. The van der Waals surface area contributed by atoms with Gasteiger partial charge in [-0.1, -0.05) is 20.8 Å². The van der Waals surface area contributed by atoms with Gasteiger partial charge in [0, 0.05) is 19.3 Å². The van der Waals surface area contributed by atoms with Crippen LogP contribution >= 0.6 is 0 Å². The van der Waals surface area contributed by atoms with Gasteiger partial charge in [0.25, 0.3) is 0 Å². The minimum absolute atomic E-state index is 0.790. The molecule has 0 radical (unpaired) electrons. The number of aromatic nitrogens is 2. The fourth-order valence-corrected chi connectivity index (χ4v) is 1.61. The molecule has 86 valence electrons. The van der Waals surface area contributed by atoms with E-state index in [9.17, 15) is 0 Å². The van der Waals surface area contributed by atoms with Gasteiger partial charge in [-0.05, 0) is 31.4 Å². The first-order valence-corrected chi connectivity index (χ1v) is 5.95. The van der Waals surface area contributed by atoms with Crippen LogP contribution in [0.25, 0.3) is 0 Å². The van der Waals surface area contributed by atoms with Crippen LogP contribution in [-0.2, 0) is 13.1 Å². The van der Waals surface area contributed by atoms with Crippen LogP contribution in [0.15, 0.2) is 12.3 Å². The molecule has 1 N–H and O–H groups in total. The molecular formula is C12H23N3. The molecule has 0 unspecified atom stereocenters. The van der Waals surface area contributed by atoms with Crippen LogP contribution in [0.4, 0.5) is 0 Å². The first-order valence-electron chi connectivity index (χ1n) is 5.95. The molecule has 3 nitrogen and oxygen atoms in total. The molecule has 0 aromatic carbocycles. The summed E-state index contributed by atoms with van der Waals surface area (Å²) in [5, 5.41) is 7.67. The van der Waals surface area contributed by atoms with Crippen LogP contribution in [0.2, 0.25) is 0 Å². The third-order valence-corrected chi connectivity index (χ3v) is 2.51. The van der Waals surface area contributed by atoms with Gasteiger partial charge < -0.3 is 5.32 Å². The number of hydrogen-bond donors (Lipinski definition) is 1. The van der Waals surface area contributed by atoms with Crippen LogP contribution in [-0.4, -0.2) is 16.3 Å². The number of rotatable bonds is 7. The molecule has 15 heavy (non-hydrogen) atoms. The Kier molecular flexibility index (Phi) is 5.40. The highest BCUT2D eigenvalue weighted by Crippen LogP contribution is 2.06. The largest absolute Gasteiger partial charge is 0.311 e. The minimum Gasteiger partial charge on any atom is -0.311 e. The molecule has 0 saturated heterocycles. The lowest BCUT2D eigenvalue weighted by molar-refractivity contribution is 0.475. The smallest absolute Gasteiger partial charge is 0.0522 e. The highest BCUT2D eigenvalue weighted by Gasteiger charge is 2.01. The average Bonchev–Trinajstić information content (AvgIpc) is 2.62. The van der Waals surface area contributed by atoms with Crippen LogP contribution in [0.1, 0.15) is 39.3 Å². The first kappa shape index (κ1) is 12.2. The highest BCUT2D eigenvalue weighted by molar-refractivity contribution is 4.99. The molecule has 0 amide bonds. The summed E-state index contributed by atoms with van der Waals surface area (Å²) in [7, 11) is 0. The van der Waals surface area contributed by atoms with E-state index < -0.39 is 0 Å². The molecule has 0 aliphatic rings. The number of hydrogen-bond acceptors (Lipinski definition) is 2. The third kappa shape index (κ3) is 4.47. The van der Waals surface area contributed by atoms with Gasteiger partial charge in [0.05, 0.1) is 5.69 Å². The Hall–Kier alpha value is -0.830. The normalized spacial score (nSPS) is 11.2. The average molecular weight is 209 g/mol. The highest BCUT2D eigenvalue weighted by atomic mass is 15.3. The molecule has 0 fully saturated rings.